The van der Waals surface area contributed by atoms with E-state index in [2.05, 4.69) is 30.9 Å². The van der Waals surface area contributed by atoms with Gasteiger partial charge >= 0.3 is 0 Å². The highest BCUT2D eigenvalue weighted by Crippen LogP contribution is 2.38. The quantitative estimate of drug-likeness (QED) is 0.238. The molecule has 2 aromatic heterocycles. The minimum absolute atomic E-state index is 0.00364. The molecule has 4 aromatic carbocycles. The van der Waals surface area contributed by atoms with Gasteiger partial charge in [-0.25, -0.2) is 9.97 Å². The first kappa shape index (κ1) is 27.8. The maximum atomic E-state index is 12.8. The van der Waals surface area contributed by atoms with Crippen molar-refractivity contribution in [2.24, 2.45) is 0 Å². The van der Waals surface area contributed by atoms with Gasteiger partial charge in [-0.2, -0.15) is 0 Å². The smallest absolute Gasteiger partial charge is 0.271 e. The zero-order valence-electron chi connectivity index (χ0n) is 23.9. The molecule has 3 atom stereocenters. The molecule has 3 heterocycles. The highest BCUT2D eigenvalue weighted by Gasteiger charge is 2.32. The van der Waals surface area contributed by atoms with Crippen LogP contribution in [0.3, 0.4) is 0 Å². The van der Waals surface area contributed by atoms with E-state index in [4.69, 9.17) is 9.47 Å². The number of nitrogens with one attached hydrogen (secondary N) is 1. The van der Waals surface area contributed by atoms with Crippen LogP contribution in [-0.4, -0.2) is 36.6 Å². The molecule has 0 spiro atoms. The Morgan fingerprint density at radius 3 is 2.32 bits per heavy atom. The van der Waals surface area contributed by atoms with Crippen LogP contribution in [0.5, 0.6) is 0 Å². The molecule has 220 valence electrons. The van der Waals surface area contributed by atoms with Crippen LogP contribution in [-0.2, 0) is 29.2 Å². The van der Waals surface area contributed by atoms with Crippen molar-refractivity contribution in [2.45, 2.75) is 44.6 Å². The molecule has 0 unspecified atom stereocenters. The predicted molar refractivity (Wildman–Crippen MR) is 165 cm³/mol. The second kappa shape index (κ2) is 12.3. The van der Waals surface area contributed by atoms with Gasteiger partial charge in [-0.1, -0.05) is 72.8 Å². The number of aliphatic hydroxyl groups is 1. The summed E-state index contributed by atoms with van der Waals surface area (Å²) in [6.07, 6.45) is 3.12. The zero-order valence-corrected chi connectivity index (χ0v) is 23.9. The van der Waals surface area contributed by atoms with Gasteiger partial charge in [-0.05, 0) is 41.0 Å². The Labute approximate surface area is 254 Å². The Kier molecular flexibility index (Phi) is 7.81. The van der Waals surface area contributed by atoms with E-state index in [-0.39, 0.29) is 30.4 Å². The summed E-state index contributed by atoms with van der Waals surface area (Å²) in [5, 5.41) is 12.4. The Bertz CT molecular complexity index is 1910. The van der Waals surface area contributed by atoms with Crippen LogP contribution in [0.25, 0.3) is 22.1 Å². The number of imidazole rings is 1. The molecule has 9 heteroatoms. The number of hydrogen-bond donors (Lipinski definition) is 2. The van der Waals surface area contributed by atoms with Crippen molar-refractivity contribution in [1.29, 1.82) is 0 Å². The summed E-state index contributed by atoms with van der Waals surface area (Å²) < 4.78 is 15.2. The third kappa shape index (κ3) is 5.93. The molecule has 1 amide bonds. The van der Waals surface area contributed by atoms with Crippen molar-refractivity contribution < 1.29 is 19.4 Å². The van der Waals surface area contributed by atoms with Crippen molar-refractivity contribution >= 4 is 28.0 Å². The van der Waals surface area contributed by atoms with Crippen LogP contribution in [0, 0.1) is 0 Å². The van der Waals surface area contributed by atoms with E-state index in [9.17, 15) is 9.90 Å². The van der Waals surface area contributed by atoms with E-state index in [0.717, 1.165) is 38.8 Å². The lowest BCUT2D eigenvalue weighted by molar-refractivity contribution is -0.252. The summed E-state index contributed by atoms with van der Waals surface area (Å²) in [5.41, 5.74) is 7.42. The van der Waals surface area contributed by atoms with E-state index in [1.165, 1.54) is 6.20 Å². The van der Waals surface area contributed by atoms with Crippen LogP contribution in [0.15, 0.2) is 110 Å². The highest BCUT2D eigenvalue weighted by atomic mass is 16.7. The maximum absolute atomic E-state index is 12.8. The molecule has 1 fully saturated rings. The standard InChI is InChI=1S/C35H31N5O4/c41-21-24-11-13-25(14-12-24)33-17-27(20-40-22-38-30-7-3-4-8-32(30)40)43-35(44-33)26-15-9-23(10-16-26)18-37-34(42)31-19-36-28-5-1-2-6-29(28)39-31/h1-16,19,22,27,33,35,41H,17-18,20-21H2,(H,37,42)/t27-,33+,35+/m1/s1. The highest BCUT2D eigenvalue weighted by molar-refractivity contribution is 5.93. The van der Waals surface area contributed by atoms with Gasteiger partial charge in [0, 0.05) is 18.5 Å². The molecule has 1 aliphatic rings. The van der Waals surface area contributed by atoms with Gasteiger partial charge in [0.15, 0.2) is 6.29 Å². The number of carbonyl (C=O) groups is 1. The van der Waals surface area contributed by atoms with E-state index < -0.39 is 6.29 Å². The second-order valence-corrected chi connectivity index (χ2v) is 10.9. The number of para-hydroxylation sites is 4. The molecule has 1 aliphatic heterocycles. The number of nitrogens with zero attached hydrogens (tertiary/aromatic N) is 4. The van der Waals surface area contributed by atoms with Crippen LogP contribution in [0.2, 0.25) is 0 Å². The average Bonchev–Trinajstić information content (AvgIpc) is 3.49. The summed E-state index contributed by atoms with van der Waals surface area (Å²) in [7, 11) is 0. The Balaban J connectivity index is 1.06. The number of aliphatic hydroxyl groups excluding tert-OH is 1. The van der Waals surface area contributed by atoms with Gasteiger partial charge in [0.1, 0.15) is 5.69 Å². The van der Waals surface area contributed by atoms with Gasteiger partial charge in [-0.3, -0.25) is 9.78 Å². The first-order valence-corrected chi connectivity index (χ1v) is 14.6. The average molecular weight is 586 g/mol. The van der Waals surface area contributed by atoms with Gasteiger partial charge in [0.2, 0.25) is 0 Å². The van der Waals surface area contributed by atoms with Crippen molar-refractivity contribution in [3.63, 3.8) is 0 Å². The number of hydrogen-bond acceptors (Lipinski definition) is 7. The van der Waals surface area contributed by atoms with Gasteiger partial charge in [0.25, 0.3) is 5.91 Å². The van der Waals surface area contributed by atoms with Gasteiger partial charge in [0.05, 0.1) is 60.0 Å². The summed E-state index contributed by atoms with van der Waals surface area (Å²) in [4.78, 5) is 26.1. The summed E-state index contributed by atoms with van der Waals surface area (Å²) in [6, 6.07) is 31.3. The molecule has 44 heavy (non-hydrogen) atoms. The fraction of sp³-hybridized carbons (Fsp3) is 0.200. The van der Waals surface area contributed by atoms with Crippen molar-refractivity contribution in [3.8, 4) is 0 Å². The Morgan fingerprint density at radius 2 is 1.52 bits per heavy atom. The van der Waals surface area contributed by atoms with Crippen LogP contribution in [0.4, 0.5) is 0 Å². The second-order valence-electron chi connectivity index (χ2n) is 10.9. The normalized spacial score (nSPS) is 18.4. The van der Waals surface area contributed by atoms with E-state index >= 15 is 0 Å². The Morgan fingerprint density at radius 1 is 0.818 bits per heavy atom. The first-order chi connectivity index (χ1) is 21.6. The monoisotopic (exact) mass is 585 g/mol. The minimum atomic E-state index is -0.581. The van der Waals surface area contributed by atoms with Crippen molar-refractivity contribution in [3.05, 3.63) is 138 Å². The van der Waals surface area contributed by atoms with E-state index in [1.807, 2.05) is 97.3 Å². The molecule has 7 rings (SSSR count). The molecule has 9 nitrogen and oxygen atoms in total. The number of carbonyl (C=O) groups excluding carboxylic acids is 1. The number of aromatic nitrogens is 4. The number of benzene rings is 4. The summed E-state index contributed by atoms with van der Waals surface area (Å²) >= 11 is 0. The summed E-state index contributed by atoms with van der Waals surface area (Å²) in [6.45, 7) is 0.972. The fourth-order valence-electron chi connectivity index (χ4n) is 5.54. The minimum Gasteiger partial charge on any atom is -0.392 e. The molecular weight excluding hydrogens is 554 g/mol. The van der Waals surface area contributed by atoms with Gasteiger partial charge in [-0.15, -0.1) is 0 Å². The predicted octanol–water partition coefficient (Wildman–Crippen LogP) is 5.65. The lowest BCUT2D eigenvalue weighted by Crippen LogP contribution is -2.32. The molecule has 0 bridgehead atoms. The molecule has 2 N–H and O–H groups in total. The molecule has 0 saturated carbocycles. The number of amides is 1. The van der Waals surface area contributed by atoms with E-state index in [0.29, 0.717) is 25.0 Å². The van der Waals surface area contributed by atoms with Crippen LogP contribution >= 0.6 is 0 Å². The first-order valence-electron chi connectivity index (χ1n) is 14.6. The molecule has 0 radical (unpaired) electrons. The maximum Gasteiger partial charge on any atom is 0.271 e. The number of fused-ring (bicyclic) bond motifs is 2. The third-order valence-electron chi connectivity index (χ3n) is 7.93. The topological polar surface area (TPSA) is 111 Å². The number of ether oxygens (including phenoxy) is 2. The van der Waals surface area contributed by atoms with Gasteiger partial charge < -0.3 is 24.5 Å². The molecule has 0 aliphatic carbocycles. The van der Waals surface area contributed by atoms with Crippen molar-refractivity contribution in [2.75, 3.05) is 0 Å². The zero-order chi connectivity index (χ0) is 29.9. The molecule has 1 saturated heterocycles. The van der Waals surface area contributed by atoms with Crippen LogP contribution in [0.1, 0.15) is 51.6 Å². The van der Waals surface area contributed by atoms with Crippen molar-refractivity contribution in [1.82, 2.24) is 24.8 Å². The largest absolute Gasteiger partial charge is 0.392 e. The van der Waals surface area contributed by atoms with Crippen LogP contribution < -0.4 is 5.32 Å². The molecular formula is C35H31N5O4. The number of rotatable bonds is 8. The Hall–Kier alpha value is -4.96. The summed E-state index contributed by atoms with van der Waals surface area (Å²) in [5.74, 6) is -0.281. The SMILES string of the molecule is O=C(NCc1ccc([C@H]2O[C@@H](Cn3cnc4ccccc43)C[C@@H](c3ccc(CO)cc3)O2)cc1)c1cnc2ccccc2n1. The fourth-order valence-corrected chi connectivity index (χ4v) is 5.54. The lowest BCUT2D eigenvalue weighted by atomic mass is 9.99. The molecule has 6 aromatic rings. The third-order valence-corrected chi connectivity index (χ3v) is 7.93. The van der Waals surface area contributed by atoms with E-state index in [1.54, 1.807) is 0 Å². The lowest BCUT2D eigenvalue weighted by Gasteiger charge is -2.36.